The van der Waals surface area contributed by atoms with Crippen LogP contribution in [0.3, 0.4) is 0 Å². The lowest BCUT2D eigenvalue weighted by molar-refractivity contribution is -0.222. The second-order valence-corrected chi connectivity index (χ2v) is 3.35. The first kappa shape index (κ1) is 13.7. The second-order valence-electron chi connectivity index (χ2n) is 3.35. The molecule has 0 aliphatic carbocycles. The smallest absolute Gasteiger partial charge is 0.332 e. The topological polar surface area (TPSA) is 9.23 Å². The van der Waals surface area contributed by atoms with Gasteiger partial charge in [0.25, 0.3) is 0 Å². The molecule has 0 aliphatic heterocycles. The molecule has 0 fully saturated rings. The summed E-state index contributed by atoms with van der Waals surface area (Å²) in [6.07, 6.45) is 2.42. The summed E-state index contributed by atoms with van der Waals surface area (Å²) in [6.45, 7) is 1.05. The molecule has 0 spiro atoms. The van der Waals surface area contributed by atoms with Gasteiger partial charge in [0, 0.05) is 13.5 Å². The van der Waals surface area contributed by atoms with Gasteiger partial charge < -0.3 is 4.74 Å². The summed E-state index contributed by atoms with van der Waals surface area (Å²) >= 11 is 0. The normalized spacial score (nSPS) is 13.3. The molecular weight excluding hydrogens is 200 g/mol. The van der Waals surface area contributed by atoms with Crippen LogP contribution in [0.5, 0.6) is 0 Å². The summed E-state index contributed by atoms with van der Waals surface area (Å²) in [5.41, 5.74) is 0. The summed E-state index contributed by atoms with van der Waals surface area (Å²) in [5.74, 6) is -8.09. The lowest BCUT2D eigenvalue weighted by Gasteiger charge is -2.22. The van der Waals surface area contributed by atoms with E-state index < -0.39 is 18.5 Å². The van der Waals surface area contributed by atoms with Crippen LogP contribution in [0.15, 0.2) is 0 Å². The van der Waals surface area contributed by atoms with Crippen LogP contribution in [0.2, 0.25) is 0 Å². The molecule has 0 amide bonds. The van der Waals surface area contributed by atoms with Crippen LogP contribution < -0.4 is 0 Å². The van der Waals surface area contributed by atoms with Crippen molar-refractivity contribution in [1.82, 2.24) is 0 Å². The first-order chi connectivity index (χ1) is 6.31. The van der Waals surface area contributed by atoms with Gasteiger partial charge >= 0.3 is 11.8 Å². The van der Waals surface area contributed by atoms with Crippen molar-refractivity contribution >= 4 is 0 Å². The van der Waals surface area contributed by atoms with E-state index in [4.69, 9.17) is 0 Å². The molecule has 0 aromatic rings. The second kappa shape index (κ2) is 5.53. The molecule has 0 heterocycles. The molecule has 14 heavy (non-hydrogen) atoms. The number of ether oxygens (including phenoxy) is 1. The summed E-state index contributed by atoms with van der Waals surface area (Å²) < 4.78 is 54.1. The van der Waals surface area contributed by atoms with Crippen LogP contribution >= 0.6 is 0 Å². The fraction of sp³-hybridized carbons (Fsp3) is 1.00. The van der Waals surface area contributed by atoms with Gasteiger partial charge in [-0.25, -0.2) is 8.78 Å². The van der Waals surface area contributed by atoms with Gasteiger partial charge in [0.1, 0.15) is 6.61 Å². The van der Waals surface area contributed by atoms with Crippen molar-refractivity contribution in [2.45, 2.75) is 45.0 Å². The molecule has 86 valence electrons. The number of alkyl halides is 4. The number of rotatable bonds is 7. The first-order valence-corrected chi connectivity index (χ1v) is 4.64. The minimum absolute atomic E-state index is 0.111. The Bertz CT molecular complexity index is 153. The van der Waals surface area contributed by atoms with Crippen molar-refractivity contribution in [1.29, 1.82) is 0 Å². The molecular formula is C9H16F4O. The minimum atomic E-state index is -4.07. The van der Waals surface area contributed by atoms with Gasteiger partial charge in [-0.05, 0) is 6.42 Å². The minimum Gasteiger partial charge on any atom is -0.375 e. The first-order valence-electron chi connectivity index (χ1n) is 4.64. The molecule has 0 saturated carbocycles. The molecule has 0 aromatic carbocycles. The maximum absolute atomic E-state index is 12.6. The van der Waals surface area contributed by atoms with Crippen molar-refractivity contribution in [2.24, 2.45) is 0 Å². The molecule has 0 rings (SSSR count). The third-order valence-corrected chi connectivity index (χ3v) is 1.82. The van der Waals surface area contributed by atoms with E-state index in [1.54, 1.807) is 0 Å². The zero-order valence-corrected chi connectivity index (χ0v) is 8.46. The van der Waals surface area contributed by atoms with Gasteiger partial charge in [-0.2, -0.15) is 8.78 Å². The van der Waals surface area contributed by atoms with E-state index in [-0.39, 0.29) is 13.5 Å². The Hall–Kier alpha value is -0.320. The Morgan fingerprint density at radius 2 is 1.64 bits per heavy atom. The lowest BCUT2D eigenvalue weighted by Crippen LogP contribution is -2.41. The van der Waals surface area contributed by atoms with E-state index in [2.05, 4.69) is 4.74 Å². The zero-order chi connectivity index (χ0) is 11.2. The van der Waals surface area contributed by atoms with Crippen LogP contribution in [0.25, 0.3) is 0 Å². The lowest BCUT2D eigenvalue weighted by atomic mass is 10.2. The highest BCUT2D eigenvalue weighted by atomic mass is 19.3. The van der Waals surface area contributed by atoms with Crippen molar-refractivity contribution < 1.29 is 22.3 Å². The zero-order valence-electron chi connectivity index (χ0n) is 8.46. The summed E-state index contributed by atoms with van der Waals surface area (Å²) in [4.78, 5) is 0. The maximum atomic E-state index is 12.6. The highest BCUT2D eigenvalue weighted by Crippen LogP contribution is 2.33. The maximum Gasteiger partial charge on any atom is 0.332 e. The third-order valence-electron chi connectivity index (χ3n) is 1.82. The standard InChI is InChI=1S/C9H16F4O/c1-3-4-5-6-14-7-9(12,13)8(2,10)11/h3-7H2,1-2H3. The quantitative estimate of drug-likeness (QED) is 0.467. The fourth-order valence-corrected chi connectivity index (χ4v) is 0.781. The SMILES string of the molecule is CCCCCOCC(F)(F)C(C)(F)F. The van der Waals surface area contributed by atoms with E-state index in [9.17, 15) is 17.6 Å². The number of halogens is 4. The van der Waals surface area contributed by atoms with Gasteiger partial charge in [-0.3, -0.25) is 0 Å². The predicted molar refractivity (Wildman–Crippen MR) is 45.9 cm³/mol. The van der Waals surface area contributed by atoms with Crippen molar-refractivity contribution in [3.05, 3.63) is 0 Å². The summed E-state index contributed by atoms with van der Waals surface area (Å²) in [6, 6.07) is 0. The fourth-order valence-electron chi connectivity index (χ4n) is 0.781. The van der Waals surface area contributed by atoms with Crippen LogP contribution in [0.4, 0.5) is 17.6 Å². The Morgan fingerprint density at radius 1 is 1.07 bits per heavy atom. The molecule has 0 saturated heterocycles. The van der Waals surface area contributed by atoms with Crippen LogP contribution in [-0.2, 0) is 4.74 Å². The van der Waals surface area contributed by atoms with Crippen molar-refractivity contribution in [3.63, 3.8) is 0 Å². The molecule has 0 bridgehead atoms. The van der Waals surface area contributed by atoms with E-state index in [0.29, 0.717) is 6.42 Å². The molecule has 0 aliphatic rings. The molecule has 0 radical (unpaired) electrons. The van der Waals surface area contributed by atoms with Crippen LogP contribution in [0, 0.1) is 0 Å². The highest BCUT2D eigenvalue weighted by molar-refractivity contribution is 4.79. The van der Waals surface area contributed by atoms with Gasteiger partial charge in [0.2, 0.25) is 0 Å². The molecule has 0 aromatic heterocycles. The number of hydrogen-bond acceptors (Lipinski definition) is 1. The summed E-state index contributed by atoms with van der Waals surface area (Å²) in [7, 11) is 0. The van der Waals surface area contributed by atoms with Gasteiger partial charge in [-0.1, -0.05) is 19.8 Å². The van der Waals surface area contributed by atoms with E-state index >= 15 is 0 Å². The molecule has 1 nitrogen and oxygen atoms in total. The molecule has 0 atom stereocenters. The van der Waals surface area contributed by atoms with Crippen molar-refractivity contribution in [3.8, 4) is 0 Å². The van der Waals surface area contributed by atoms with Crippen LogP contribution in [0.1, 0.15) is 33.1 Å². The highest BCUT2D eigenvalue weighted by Gasteiger charge is 2.52. The molecule has 5 heteroatoms. The number of hydrogen-bond donors (Lipinski definition) is 0. The Kier molecular flexibility index (Phi) is 5.41. The van der Waals surface area contributed by atoms with Gasteiger partial charge in [-0.15, -0.1) is 0 Å². The largest absolute Gasteiger partial charge is 0.375 e. The Balaban J connectivity index is 3.67. The summed E-state index contributed by atoms with van der Waals surface area (Å²) in [5, 5.41) is 0. The Morgan fingerprint density at radius 3 is 2.07 bits per heavy atom. The predicted octanol–water partition coefficient (Wildman–Crippen LogP) is 3.48. The van der Waals surface area contributed by atoms with E-state index in [0.717, 1.165) is 12.8 Å². The monoisotopic (exact) mass is 216 g/mol. The molecule has 0 unspecified atom stereocenters. The average Bonchev–Trinajstić information content (AvgIpc) is 2.02. The van der Waals surface area contributed by atoms with Gasteiger partial charge in [0.15, 0.2) is 0 Å². The average molecular weight is 216 g/mol. The van der Waals surface area contributed by atoms with Crippen LogP contribution in [-0.4, -0.2) is 25.1 Å². The van der Waals surface area contributed by atoms with Gasteiger partial charge in [0.05, 0.1) is 0 Å². The Labute approximate surface area is 81.4 Å². The molecule has 0 N–H and O–H groups in total. The van der Waals surface area contributed by atoms with E-state index in [1.165, 1.54) is 0 Å². The third kappa shape index (κ3) is 4.79. The van der Waals surface area contributed by atoms with E-state index in [1.807, 2.05) is 6.92 Å². The van der Waals surface area contributed by atoms with Crippen molar-refractivity contribution in [2.75, 3.05) is 13.2 Å². The number of unbranched alkanes of at least 4 members (excludes halogenated alkanes) is 2.